The first kappa shape index (κ1) is 32.3. The summed E-state index contributed by atoms with van der Waals surface area (Å²) >= 11 is 0. The molecule has 0 aliphatic heterocycles. The average molecular weight is 537 g/mol. The van der Waals surface area contributed by atoms with Crippen LogP contribution in [0.2, 0.25) is 18.6 Å². The largest absolute Gasteiger partial charge is 0.500 e. The molecule has 0 aromatic heterocycles. The highest BCUT2D eigenvalue weighted by molar-refractivity contribution is 6.65. The highest BCUT2D eigenvalue weighted by atomic mass is 28.4. The highest BCUT2D eigenvalue weighted by Crippen LogP contribution is 2.18. The minimum atomic E-state index is -2.47. The van der Waals surface area contributed by atoms with Gasteiger partial charge in [-0.1, -0.05) is 36.4 Å². The molecule has 0 heterocycles. The third-order valence-electron chi connectivity index (χ3n) is 5.63. The monoisotopic (exact) mass is 536 g/mol. The van der Waals surface area contributed by atoms with Crippen LogP contribution >= 0.6 is 0 Å². The summed E-state index contributed by atoms with van der Waals surface area (Å²) in [4.78, 5) is 0. The summed E-state index contributed by atoms with van der Waals surface area (Å²) in [5, 5.41) is 6.78. The molecule has 2 rings (SSSR count). The van der Waals surface area contributed by atoms with Crippen molar-refractivity contribution in [1.82, 2.24) is 0 Å². The Morgan fingerprint density at radius 2 is 1.00 bits per heavy atom. The maximum atomic E-state index is 5.83. The van der Waals surface area contributed by atoms with Gasteiger partial charge in [-0.05, 0) is 70.5 Å². The van der Waals surface area contributed by atoms with Crippen molar-refractivity contribution in [3.05, 3.63) is 60.7 Å². The van der Waals surface area contributed by atoms with Crippen LogP contribution < -0.4 is 10.6 Å². The normalized spacial score (nSPS) is 11.5. The summed E-state index contributed by atoms with van der Waals surface area (Å²) in [6.07, 6.45) is 2.04. The molecule has 0 saturated carbocycles. The van der Waals surface area contributed by atoms with Crippen LogP contribution in [0.25, 0.3) is 0 Å². The SMILES string of the molecule is CCO[Si](CCCNc1ccccc1)(OCC)OCC.CO[Si](C)(CCCNc1ccccc1)OC. The first-order valence-electron chi connectivity index (χ1n) is 13.1. The van der Waals surface area contributed by atoms with Crippen molar-refractivity contribution in [2.75, 3.05) is 57.8 Å². The van der Waals surface area contributed by atoms with E-state index in [9.17, 15) is 0 Å². The average Bonchev–Trinajstić information content (AvgIpc) is 2.91. The Morgan fingerprint density at radius 3 is 1.36 bits per heavy atom. The summed E-state index contributed by atoms with van der Waals surface area (Å²) in [5.74, 6) is 0. The Labute approximate surface area is 221 Å². The van der Waals surface area contributed by atoms with E-state index in [0.29, 0.717) is 19.8 Å². The molecule has 0 aliphatic carbocycles. The summed E-state index contributed by atoms with van der Waals surface area (Å²) in [7, 11) is -0.876. The predicted molar refractivity (Wildman–Crippen MR) is 155 cm³/mol. The van der Waals surface area contributed by atoms with Crippen LogP contribution in [0.3, 0.4) is 0 Å². The van der Waals surface area contributed by atoms with E-state index in [-0.39, 0.29) is 0 Å². The van der Waals surface area contributed by atoms with Gasteiger partial charge >= 0.3 is 17.4 Å². The Bertz CT molecular complexity index is 750. The summed E-state index contributed by atoms with van der Waals surface area (Å²) in [6, 6.07) is 22.3. The van der Waals surface area contributed by atoms with Crippen LogP contribution in [0.5, 0.6) is 0 Å². The second-order valence-electron chi connectivity index (χ2n) is 8.32. The zero-order valence-electron chi connectivity index (χ0n) is 23.2. The second-order valence-corrected chi connectivity index (χ2v) is 14.6. The van der Waals surface area contributed by atoms with E-state index in [0.717, 1.165) is 43.7 Å². The smallest absolute Gasteiger partial charge is 0.398 e. The lowest BCUT2D eigenvalue weighted by molar-refractivity contribution is 0.0710. The molecule has 7 nitrogen and oxygen atoms in total. The van der Waals surface area contributed by atoms with Gasteiger partial charge in [0.25, 0.3) is 0 Å². The number of rotatable bonds is 18. The first-order chi connectivity index (χ1) is 17.5. The van der Waals surface area contributed by atoms with E-state index in [1.807, 2.05) is 57.2 Å². The third-order valence-corrected chi connectivity index (χ3v) is 11.8. The van der Waals surface area contributed by atoms with Gasteiger partial charge in [0, 0.05) is 64.5 Å². The summed E-state index contributed by atoms with van der Waals surface area (Å²) < 4.78 is 28.3. The van der Waals surface area contributed by atoms with Gasteiger partial charge in [0.15, 0.2) is 0 Å². The molecule has 204 valence electrons. The lowest BCUT2D eigenvalue weighted by Crippen LogP contribution is -2.46. The van der Waals surface area contributed by atoms with Crippen LogP contribution in [0.4, 0.5) is 11.4 Å². The zero-order valence-corrected chi connectivity index (χ0v) is 25.2. The molecule has 0 bridgehead atoms. The van der Waals surface area contributed by atoms with Gasteiger partial charge in [-0.25, -0.2) is 0 Å². The molecule has 0 amide bonds. The fraction of sp³-hybridized carbons (Fsp3) is 0.556. The number of hydrogen-bond donors (Lipinski definition) is 2. The van der Waals surface area contributed by atoms with E-state index in [2.05, 4.69) is 41.4 Å². The van der Waals surface area contributed by atoms with E-state index >= 15 is 0 Å². The van der Waals surface area contributed by atoms with Crippen molar-refractivity contribution in [3.8, 4) is 0 Å². The number of benzene rings is 2. The lowest BCUT2D eigenvalue weighted by atomic mass is 10.3. The van der Waals surface area contributed by atoms with Gasteiger partial charge in [-0.15, -0.1) is 0 Å². The van der Waals surface area contributed by atoms with E-state index < -0.39 is 17.4 Å². The molecule has 2 N–H and O–H groups in total. The van der Waals surface area contributed by atoms with Crippen molar-refractivity contribution in [1.29, 1.82) is 0 Å². The van der Waals surface area contributed by atoms with E-state index in [4.69, 9.17) is 22.1 Å². The molecule has 0 unspecified atom stereocenters. The van der Waals surface area contributed by atoms with Crippen molar-refractivity contribution in [3.63, 3.8) is 0 Å². The standard InChI is InChI=1S/C15H27NO3Si.C12H21NO2Si/c1-4-17-20(18-5-2,19-6-3)14-10-13-16-15-11-8-7-9-12-15;1-14-16(3,15-2)11-7-10-13-12-8-5-4-6-9-12/h7-9,11-12,16H,4-6,10,13-14H2,1-3H3;4-6,8-9,13H,7,10-11H2,1-3H3. The predicted octanol–water partition coefficient (Wildman–Crippen LogP) is 6.39. The van der Waals surface area contributed by atoms with Gasteiger partial charge in [-0.2, -0.15) is 0 Å². The van der Waals surface area contributed by atoms with Crippen molar-refractivity contribution >= 4 is 28.7 Å². The van der Waals surface area contributed by atoms with Crippen LogP contribution in [-0.4, -0.2) is 64.5 Å². The van der Waals surface area contributed by atoms with Crippen molar-refractivity contribution in [2.24, 2.45) is 0 Å². The summed E-state index contributed by atoms with van der Waals surface area (Å²) in [6.45, 7) is 11.8. The molecular weight excluding hydrogens is 488 g/mol. The molecule has 0 radical (unpaired) electrons. The lowest BCUT2D eigenvalue weighted by Gasteiger charge is -2.28. The zero-order chi connectivity index (χ0) is 26.5. The summed E-state index contributed by atoms with van der Waals surface area (Å²) in [5.41, 5.74) is 2.31. The maximum absolute atomic E-state index is 5.83. The van der Waals surface area contributed by atoms with Gasteiger partial charge in [0.1, 0.15) is 0 Å². The highest BCUT2D eigenvalue weighted by Gasteiger charge is 2.39. The van der Waals surface area contributed by atoms with Crippen LogP contribution in [0.15, 0.2) is 60.7 Å². The number of para-hydroxylation sites is 2. The van der Waals surface area contributed by atoms with Crippen LogP contribution in [0, 0.1) is 0 Å². The van der Waals surface area contributed by atoms with Crippen LogP contribution in [-0.2, 0) is 22.1 Å². The fourth-order valence-electron chi connectivity index (χ4n) is 3.58. The van der Waals surface area contributed by atoms with E-state index in [1.54, 1.807) is 14.2 Å². The Hall–Kier alpha value is -1.73. The minimum absolute atomic E-state index is 0.637. The van der Waals surface area contributed by atoms with E-state index in [1.165, 1.54) is 5.69 Å². The van der Waals surface area contributed by atoms with Gasteiger partial charge in [-0.3, -0.25) is 0 Å². The van der Waals surface area contributed by atoms with Gasteiger partial charge in [0.05, 0.1) is 0 Å². The molecule has 0 spiro atoms. The molecule has 2 aromatic rings. The molecule has 0 saturated heterocycles. The number of anilines is 2. The molecule has 0 atom stereocenters. The number of hydrogen-bond acceptors (Lipinski definition) is 7. The first-order valence-corrected chi connectivity index (χ1v) is 17.5. The minimum Gasteiger partial charge on any atom is -0.398 e. The van der Waals surface area contributed by atoms with Crippen LogP contribution in [0.1, 0.15) is 33.6 Å². The molecular formula is C27H48N2O5Si2. The molecule has 9 heteroatoms. The topological polar surface area (TPSA) is 70.2 Å². The Balaban J connectivity index is 0.000000369. The second kappa shape index (κ2) is 19.4. The van der Waals surface area contributed by atoms with Crippen molar-refractivity contribution in [2.45, 2.75) is 52.2 Å². The fourth-order valence-corrected chi connectivity index (χ4v) is 7.59. The molecule has 0 fully saturated rings. The third kappa shape index (κ3) is 13.5. The quantitative estimate of drug-likeness (QED) is 0.169. The van der Waals surface area contributed by atoms with Crippen molar-refractivity contribution < 1.29 is 22.1 Å². The van der Waals surface area contributed by atoms with Gasteiger partial charge < -0.3 is 32.8 Å². The molecule has 0 aliphatic rings. The molecule has 2 aromatic carbocycles. The Kier molecular flexibility index (Phi) is 17.4. The molecule has 36 heavy (non-hydrogen) atoms. The van der Waals surface area contributed by atoms with Gasteiger partial charge in [0.2, 0.25) is 0 Å². The Morgan fingerprint density at radius 1 is 0.611 bits per heavy atom. The maximum Gasteiger partial charge on any atom is 0.500 e. The number of nitrogens with one attached hydrogen (secondary N) is 2.